The molecule has 1 saturated carbocycles. The van der Waals surface area contributed by atoms with E-state index in [2.05, 4.69) is 49.4 Å². The first-order chi connectivity index (χ1) is 17.2. The molecule has 3 aromatic rings. The normalized spacial score (nSPS) is 18.6. The maximum atomic E-state index is 14.8. The number of fused-ring (bicyclic) bond motifs is 1. The minimum Gasteiger partial charge on any atom is -0.486 e. The lowest BCUT2D eigenvalue weighted by atomic mass is 9.77. The standard InChI is InChI=1S/C33H39FO/c1-3-5-7-8-25-11-16-28(17-12-25)29-18-13-26(14-19-29)9-10-27-15-21-31-30(24-27)20-22-32(33(31)34)35-23-6-4-2/h3-6,13-15,18-22,24-25,28H,7-12,16-17,23H2,1-2H3/b5-3+,6-4?. The molecule has 4 rings (SSSR count). The van der Waals surface area contributed by atoms with Gasteiger partial charge in [-0.15, -0.1) is 0 Å². The third kappa shape index (κ3) is 6.84. The maximum absolute atomic E-state index is 14.8. The molecule has 0 atom stereocenters. The highest BCUT2D eigenvalue weighted by Gasteiger charge is 2.21. The van der Waals surface area contributed by atoms with Crippen LogP contribution in [0.15, 0.2) is 78.9 Å². The second-order valence-electron chi connectivity index (χ2n) is 9.92. The fraction of sp³-hybridized carbons (Fsp3) is 0.394. The third-order valence-electron chi connectivity index (χ3n) is 7.53. The van der Waals surface area contributed by atoms with E-state index in [0.29, 0.717) is 17.7 Å². The largest absolute Gasteiger partial charge is 0.486 e. The minimum atomic E-state index is -0.277. The zero-order valence-electron chi connectivity index (χ0n) is 21.3. The lowest BCUT2D eigenvalue weighted by molar-refractivity contribution is 0.312. The average Bonchev–Trinajstić information content (AvgIpc) is 2.90. The number of benzene rings is 3. The highest BCUT2D eigenvalue weighted by Crippen LogP contribution is 2.37. The smallest absolute Gasteiger partial charge is 0.172 e. The summed E-state index contributed by atoms with van der Waals surface area (Å²) in [4.78, 5) is 0. The first kappa shape index (κ1) is 25.2. The Kier molecular flexibility index (Phi) is 9.17. The van der Waals surface area contributed by atoms with Crippen LogP contribution >= 0.6 is 0 Å². The van der Waals surface area contributed by atoms with Crippen LogP contribution in [-0.2, 0) is 12.8 Å². The molecular weight excluding hydrogens is 431 g/mol. The van der Waals surface area contributed by atoms with Crippen molar-refractivity contribution in [1.29, 1.82) is 0 Å². The van der Waals surface area contributed by atoms with Gasteiger partial charge in [-0.25, -0.2) is 4.39 Å². The molecule has 0 bridgehead atoms. The number of rotatable bonds is 10. The van der Waals surface area contributed by atoms with Crippen LogP contribution < -0.4 is 4.74 Å². The van der Waals surface area contributed by atoms with Crippen molar-refractivity contribution in [3.05, 3.63) is 101 Å². The Morgan fingerprint density at radius 1 is 0.829 bits per heavy atom. The van der Waals surface area contributed by atoms with Crippen molar-refractivity contribution in [2.24, 2.45) is 5.92 Å². The van der Waals surface area contributed by atoms with Crippen LogP contribution in [0.3, 0.4) is 0 Å². The fourth-order valence-electron chi connectivity index (χ4n) is 5.35. The Labute approximate surface area is 210 Å². The summed E-state index contributed by atoms with van der Waals surface area (Å²) in [7, 11) is 0. The molecule has 0 amide bonds. The molecule has 0 radical (unpaired) electrons. The number of ether oxygens (including phenoxy) is 1. The molecule has 3 aromatic carbocycles. The van der Waals surface area contributed by atoms with Crippen LogP contribution in [0.5, 0.6) is 5.75 Å². The van der Waals surface area contributed by atoms with E-state index in [-0.39, 0.29) is 5.82 Å². The van der Waals surface area contributed by atoms with Gasteiger partial charge >= 0.3 is 0 Å². The molecule has 0 saturated heterocycles. The number of aryl methyl sites for hydroxylation is 2. The zero-order valence-corrected chi connectivity index (χ0v) is 21.3. The second-order valence-corrected chi connectivity index (χ2v) is 9.92. The summed E-state index contributed by atoms with van der Waals surface area (Å²) in [5, 5.41) is 1.54. The average molecular weight is 471 g/mol. The van der Waals surface area contributed by atoms with Crippen molar-refractivity contribution in [3.63, 3.8) is 0 Å². The summed E-state index contributed by atoms with van der Waals surface area (Å²) in [5.74, 6) is 1.67. The zero-order chi connectivity index (χ0) is 24.5. The van der Waals surface area contributed by atoms with Gasteiger partial charge in [-0.05, 0) is 105 Å². The van der Waals surface area contributed by atoms with Crippen molar-refractivity contribution in [2.45, 2.75) is 71.1 Å². The van der Waals surface area contributed by atoms with E-state index in [1.54, 1.807) is 6.07 Å². The molecule has 35 heavy (non-hydrogen) atoms. The Balaban J connectivity index is 1.31. The fourth-order valence-corrected chi connectivity index (χ4v) is 5.35. The highest BCUT2D eigenvalue weighted by atomic mass is 19.1. The van der Waals surface area contributed by atoms with E-state index in [1.807, 2.05) is 37.3 Å². The summed E-state index contributed by atoms with van der Waals surface area (Å²) in [6, 6.07) is 19.1. The Hall–Kier alpha value is -2.87. The van der Waals surface area contributed by atoms with Gasteiger partial charge in [0.25, 0.3) is 0 Å². The molecule has 0 spiro atoms. The van der Waals surface area contributed by atoms with E-state index < -0.39 is 0 Å². The molecule has 0 unspecified atom stereocenters. The van der Waals surface area contributed by atoms with Crippen LogP contribution in [0.2, 0.25) is 0 Å². The molecular formula is C33H39FO. The van der Waals surface area contributed by atoms with Crippen LogP contribution in [0, 0.1) is 11.7 Å². The van der Waals surface area contributed by atoms with E-state index >= 15 is 0 Å². The van der Waals surface area contributed by atoms with Crippen LogP contribution in [0.4, 0.5) is 4.39 Å². The summed E-state index contributed by atoms with van der Waals surface area (Å²) in [6.45, 7) is 4.42. The SMILES string of the molecule is CC=CCOc1ccc2cc(CCc3ccc(C4CCC(CC/C=C/C)CC4)cc3)ccc2c1F. The Morgan fingerprint density at radius 3 is 2.29 bits per heavy atom. The van der Waals surface area contributed by atoms with Crippen molar-refractivity contribution in [1.82, 2.24) is 0 Å². The number of allylic oxidation sites excluding steroid dienone is 3. The van der Waals surface area contributed by atoms with E-state index in [9.17, 15) is 4.39 Å². The van der Waals surface area contributed by atoms with Gasteiger partial charge in [-0.1, -0.05) is 72.8 Å². The van der Waals surface area contributed by atoms with Crippen molar-refractivity contribution >= 4 is 10.8 Å². The summed E-state index contributed by atoms with van der Waals surface area (Å²) in [6.07, 6.45) is 18.2. The van der Waals surface area contributed by atoms with E-state index in [4.69, 9.17) is 4.74 Å². The molecule has 0 heterocycles. The van der Waals surface area contributed by atoms with Crippen molar-refractivity contribution < 1.29 is 9.13 Å². The lowest BCUT2D eigenvalue weighted by Crippen LogP contribution is -2.13. The first-order valence-corrected chi connectivity index (χ1v) is 13.3. The van der Waals surface area contributed by atoms with E-state index in [1.165, 1.54) is 55.2 Å². The molecule has 1 nitrogen and oxygen atoms in total. The minimum absolute atomic E-state index is 0.277. The van der Waals surface area contributed by atoms with Crippen molar-refractivity contribution in [2.75, 3.05) is 6.61 Å². The maximum Gasteiger partial charge on any atom is 0.172 e. The van der Waals surface area contributed by atoms with Gasteiger partial charge in [0.05, 0.1) is 0 Å². The van der Waals surface area contributed by atoms with Crippen LogP contribution in [0.25, 0.3) is 10.8 Å². The van der Waals surface area contributed by atoms with Gasteiger partial charge in [0, 0.05) is 5.39 Å². The van der Waals surface area contributed by atoms with Gasteiger partial charge in [0.2, 0.25) is 0 Å². The molecule has 1 aliphatic carbocycles. The summed E-state index contributed by atoms with van der Waals surface area (Å²) >= 11 is 0. The van der Waals surface area contributed by atoms with Gasteiger partial charge in [-0.2, -0.15) is 0 Å². The number of halogens is 1. The first-order valence-electron chi connectivity index (χ1n) is 13.3. The quantitative estimate of drug-likeness (QED) is 0.268. The van der Waals surface area contributed by atoms with Crippen LogP contribution in [-0.4, -0.2) is 6.61 Å². The van der Waals surface area contributed by atoms with Gasteiger partial charge in [-0.3, -0.25) is 0 Å². The molecule has 0 aromatic heterocycles. The topological polar surface area (TPSA) is 9.23 Å². The highest BCUT2D eigenvalue weighted by molar-refractivity contribution is 5.85. The Bertz CT molecular complexity index is 1130. The number of hydrogen-bond acceptors (Lipinski definition) is 1. The van der Waals surface area contributed by atoms with E-state index in [0.717, 1.165) is 30.1 Å². The molecule has 184 valence electrons. The second kappa shape index (κ2) is 12.7. The predicted octanol–water partition coefficient (Wildman–Crippen LogP) is 9.35. The number of hydrogen-bond donors (Lipinski definition) is 0. The summed E-state index contributed by atoms with van der Waals surface area (Å²) < 4.78 is 20.3. The summed E-state index contributed by atoms with van der Waals surface area (Å²) in [5.41, 5.74) is 4.11. The molecule has 0 N–H and O–H groups in total. The third-order valence-corrected chi connectivity index (χ3v) is 7.53. The van der Waals surface area contributed by atoms with Crippen molar-refractivity contribution in [3.8, 4) is 5.75 Å². The van der Waals surface area contributed by atoms with Gasteiger partial charge in [0.1, 0.15) is 6.61 Å². The van der Waals surface area contributed by atoms with Crippen LogP contribution in [0.1, 0.15) is 75.0 Å². The lowest BCUT2D eigenvalue weighted by Gasteiger charge is -2.28. The monoisotopic (exact) mass is 470 g/mol. The molecule has 1 fully saturated rings. The van der Waals surface area contributed by atoms with Gasteiger partial charge in [0.15, 0.2) is 11.6 Å². The molecule has 2 heteroatoms. The Morgan fingerprint density at radius 2 is 1.54 bits per heavy atom. The van der Waals surface area contributed by atoms with Gasteiger partial charge < -0.3 is 4.74 Å². The molecule has 0 aliphatic heterocycles. The predicted molar refractivity (Wildman–Crippen MR) is 147 cm³/mol. The molecule has 1 aliphatic rings.